The molecule has 7 nitrogen and oxygen atoms in total. The molecule has 142 valence electrons. The zero-order valence-electron chi connectivity index (χ0n) is 15.0. The van der Waals surface area contributed by atoms with Gasteiger partial charge in [-0.15, -0.1) is 0 Å². The van der Waals surface area contributed by atoms with Crippen molar-refractivity contribution in [3.63, 3.8) is 0 Å². The van der Waals surface area contributed by atoms with E-state index < -0.39 is 23.4 Å². The smallest absolute Gasteiger partial charge is 0.325 e. The summed E-state index contributed by atoms with van der Waals surface area (Å²) in [5.74, 6) is -0.326. The molecule has 27 heavy (non-hydrogen) atoms. The molecule has 0 bridgehead atoms. The van der Waals surface area contributed by atoms with Gasteiger partial charge in [0, 0.05) is 5.02 Å². The zero-order valence-corrected chi connectivity index (χ0v) is 15.7. The molecule has 8 heteroatoms. The van der Waals surface area contributed by atoms with Crippen LogP contribution in [0.2, 0.25) is 5.02 Å². The maximum atomic E-state index is 13.0. The summed E-state index contributed by atoms with van der Waals surface area (Å²) in [6.07, 6.45) is 1.86. The van der Waals surface area contributed by atoms with Crippen LogP contribution in [0.1, 0.15) is 37.6 Å². The van der Waals surface area contributed by atoms with Crippen molar-refractivity contribution in [2.75, 3.05) is 6.54 Å². The minimum atomic E-state index is -1.20. The number of hydrogen-bond acceptors (Lipinski definition) is 4. The van der Waals surface area contributed by atoms with Crippen LogP contribution in [0.15, 0.2) is 47.1 Å². The molecule has 0 spiro atoms. The van der Waals surface area contributed by atoms with Crippen molar-refractivity contribution >= 4 is 29.4 Å². The molecule has 1 aromatic heterocycles. The van der Waals surface area contributed by atoms with Gasteiger partial charge in [-0.3, -0.25) is 14.5 Å². The molecule has 1 aliphatic heterocycles. The number of rotatable bonds is 6. The molecule has 3 rings (SSSR count). The normalized spacial score (nSPS) is 20.5. The number of carbonyl (C=O) groups excluding carboxylic acids is 3. The predicted octanol–water partition coefficient (Wildman–Crippen LogP) is 2.97. The van der Waals surface area contributed by atoms with Crippen LogP contribution >= 0.6 is 11.6 Å². The average molecular weight is 390 g/mol. The van der Waals surface area contributed by atoms with E-state index in [-0.39, 0.29) is 12.6 Å². The van der Waals surface area contributed by atoms with Gasteiger partial charge < -0.3 is 15.1 Å². The Kier molecular flexibility index (Phi) is 5.23. The number of carbonyl (C=O) groups is 3. The van der Waals surface area contributed by atoms with E-state index in [1.54, 1.807) is 50.2 Å². The lowest BCUT2D eigenvalue weighted by atomic mass is 9.87. The molecule has 2 unspecified atom stereocenters. The van der Waals surface area contributed by atoms with Crippen molar-refractivity contribution in [2.24, 2.45) is 0 Å². The molecule has 0 radical (unpaired) electrons. The second-order valence-corrected chi connectivity index (χ2v) is 6.83. The molecule has 0 saturated carbocycles. The van der Waals surface area contributed by atoms with E-state index in [0.29, 0.717) is 22.8 Å². The average Bonchev–Trinajstić information content (AvgIpc) is 3.26. The summed E-state index contributed by atoms with van der Waals surface area (Å²) in [7, 11) is 0. The number of urea groups is 1. The van der Waals surface area contributed by atoms with Crippen LogP contribution in [0.5, 0.6) is 0 Å². The van der Waals surface area contributed by atoms with Crippen LogP contribution < -0.4 is 10.6 Å². The van der Waals surface area contributed by atoms with Gasteiger partial charge in [0.1, 0.15) is 17.8 Å². The molecule has 1 aromatic carbocycles. The SMILES string of the molecule is CCC1(c2ccc(Cl)cc2)NC(=O)N(CC(=O)NC(C)c2ccco2)C1=O. The summed E-state index contributed by atoms with van der Waals surface area (Å²) in [6, 6.07) is 9.21. The fourth-order valence-corrected chi connectivity index (χ4v) is 3.31. The van der Waals surface area contributed by atoms with Gasteiger partial charge in [-0.2, -0.15) is 0 Å². The van der Waals surface area contributed by atoms with Crippen LogP contribution in [-0.4, -0.2) is 29.3 Å². The molecule has 2 heterocycles. The summed E-state index contributed by atoms with van der Waals surface area (Å²) in [4.78, 5) is 38.7. The minimum Gasteiger partial charge on any atom is -0.467 e. The van der Waals surface area contributed by atoms with Crippen LogP contribution in [0, 0.1) is 0 Å². The summed E-state index contributed by atoms with van der Waals surface area (Å²) in [6.45, 7) is 3.19. The monoisotopic (exact) mass is 389 g/mol. The molecular formula is C19H20ClN3O4. The van der Waals surface area contributed by atoms with Gasteiger partial charge in [0.15, 0.2) is 0 Å². The summed E-state index contributed by atoms with van der Waals surface area (Å²) >= 11 is 5.92. The van der Waals surface area contributed by atoms with Gasteiger partial charge in [-0.1, -0.05) is 30.7 Å². The van der Waals surface area contributed by atoms with Crippen molar-refractivity contribution in [3.8, 4) is 0 Å². The van der Waals surface area contributed by atoms with Crippen LogP contribution in [-0.2, 0) is 15.1 Å². The number of furan rings is 1. The quantitative estimate of drug-likeness (QED) is 0.743. The first kappa shape index (κ1) is 19.0. The lowest BCUT2D eigenvalue weighted by Crippen LogP contribution is -2.45. The van der Waals surface area contributed by atoms with Crippen LogP contribution in [0.4, 0.5) is 4.79 Å². The summed E-state index contributed by atoms with van der Waals surface area (Å²) in [5, 5.41) is 5.99. The number of nitrogens with one attached hydrogen (secondary N) is 2. The van der Waals surface area contributed by atoms with Gasteiger partial charge in [-0.25, -0.2) is 4.79 Å². The molecule has 1 fully saturated rings. The highest BCUT2D eigenvalue weighted by atomic mass is 35.5. The Morgan fingerprint density at radius 2 is 2.00 bits per heavy atom. The Hall–Kier alpha value is -2.80. The van der Waals surface area contributed by atoms with Crippen LogP contribution in [0.25, 0.3) is 0 Å². The summed E-state index contributed by atoms with van der Waals surface area (Å²) in [5.41, 5.74) is -0.575. The van der Waals surface area contributed by atoms with E-state index in [9.17, 15) is 14.4 Å². The maximum Gasteiger partial charge on any atom is 0.325 e. The fourth-order valence-electron chi connectivity index (χ4n) is 3.18. The minimum absolute atomic E-state index is 0.347. The Morgan fingerprint density at radius 1 is 1.30 bits per heavy atom. The first-order chi connectivity index (χ1) is 12.9. The van der Waals surface area contributed by atoms with Gasteiger partial charge in [-0.05, 0) is 43.2 Å². The van der Waals surface area contributed by atoms with E-state index in [2.05, 4.69) is 10.6 Å². The first-order valence-corrected chi connectivity index (χ1v) is 8.98. The second kappa shape index (κ2) is 7.44. The van der Waals surface area contributed by atoms with Gasteiger partial charge in [0.25, 0.3) is 5.91 Å². The highest BCUT2D eigenvalue weighted by Crippen LogP contribution is 2.33. The lowest BCUT2D eigenvalue weighted by molar-refractivity contribution is -0.135. The molecular weight excluding hydrogens is 370 g/mol. The Morgan fingerprint density at radius 3 is 2.59 bits per heavy atom. The highest BCUT2D eigenvalue weighted by molar-refractivity contribution is 6.30. The third kappa shape index (κ3) is 3.55. The molecule has 2 N–H and O–H groups in total. The van der Waals surface area contributed by atoms with Gasteiger partial charge in [0.05, 0.1) is 12.3 Å². The Labute approximate surface area is 161 Å². The summed E-state index contributed by atoms with van der Waals surface area (Å²) < 4.78 is 5.24. The molecule has 0 aliphatic carbocycles. The van der Waals surface area contributed by atoms with E-state index in [1.807, 2.05) is 0 Å². The Balaban J connectivity index is 1.75. The van der Waals surface area contributed by atoms with E-state index in [1.165, 1.54) is 6.26 Å². The third-order valence-corrected chi connectivity index (χ3v) is 4.94. The Bertz CT molecular complexity index is 850. The topological polar surface area (TPSA) is 91.7 Å². The predicted molar refractivity (Wildman–Crippen MR) is 98.9 cm³/mol. The fraction of sp³-hybridized carbons (Fsp3) is 0.316. The molecule has 2 atom stereocenters. The maximum absolute atomic E-state index is 13.0. The number of halogens is 1. The number of amides is 4. The van der Waals surface area contributed by atoms with Gasteiger partial charge >= 0.3 is 6.03 Å². The van der Waals surface area contributed by atoms with E-state index in [4.69, 9.17) is 16.0 Å². The largest absolute Gasteiger partial charge is 0.467 e. The zero-order chi connectivity index (χ0) is 19.6. The van der Waals surface area contributed by atoms with E-state index >= 15 is 0 Å². The van der Waals surface area contributed by atoms with Gasteiger partial charge in [0.2, 0.25) is 5.91 Å². The van der Waals surface area contributed by atoms with E-state index in [0.717, 1.165) is 4.90 Å². The van der Waals surface area contributed by atoms with Crippen molar-refractivity contribution in [1.29, 1.82) is 0 Å². The lowest BCUT2D eigenvalue weighted by Gasteiger charge is -2.25. The molecule has 1 aliphatic rings. The first-order valence-electron chi connectivity index (χ1n) is 8.60. The standard InChI is InChI=1S/C19H20ClN3O4/c1-3-19(13-6-8-14(20)9-7-13)17(25)23(18(26)22-19)11-16(24)21-12(2)15-5-4-10-27-15/h4-10,12H,3,11H2,1-2H3,(H,21,24)(H,22,26). The van der Waals surface area contributed by atoms with Crippen molar-refractivity contribution in [2.45, 2.75) is 31.8 Å². The second-order valence-electron chi connectivity index (χ2n) is 6.39. The molecule has 2 aromatic rings. The number of nitrogens with zero attached hydrogens (tertiary/aromatic N) is 1. The van der Waals surface area contributed by atoms with Crippen molar-refractivity contribution in [3.05, 3.63) is 59.0 Å². The van der Waals surface area contributed by atoms with Crippen LogP contribution in [0.3, 0.4) is 0 Å². The number of imide groups is 1. The number of hydrogen-bond donors (Lipinski definition) is 2. The number of benzene rings is 1. The van der Waals surface area contributed by atoms with Crippen molar-refractivity contribution < 1.29 is 18.8 Å². The third-order valence-electron chi connectivity index (χ3n) is 4.69. The highest BCUT2D eigenvalue weighted by Gasteiger charge is 2.51. The molecule has 1 saturated heterocycles. The van der Waals surface area contributed by atoms with Crippen molar-refractivity contribution in [1.82, 2.24) is 15.5 Å². The molecule has 4 amide bonds.